The molecule has 1 aliphatic heterocycles. The summed E-state index contributed by atoms with van der Waals surface area (Å²) in [4.78, 5) is 2.36. The molecule has 3 rings (SSSR count). The molecule has 1 saturated heterocycles. The molecule has 1 fully saturated rings. The number of aliphatic hydroxyl groups excluding tert-OH is 1. The molecule has 0 spiro atoms. The Hall–Kier alpha value is -1.94. The van der Waals surface area contributed by atoms with Crippen molar-refractivity contribution >= 4 is 39.1 Å². The highest BCUT2D eigenvalue weighted by molar-refractivity contribution is 7.89. The number of benzene rings is 2. The van der Waals surface area contributed by atoms with Crippen molar-refractivity contribution in [3.8, 4) is 0 Å². The van der Waals surface area contributed by atoms with Crippen molar-refractivity contribution in [3.63, 3.8) is 0 Å². The van der Waals surface area contributed by atoms with Crippen LogP contribution >= 0.6 is 23.2 Å². The summed E-state index contributed by atoms with van der Waals surface area (Å²) in [5.74, 6) is -0.488. The fourth-order valence-corrected chi connectivity index (χ4v) is 4.25. The van der Waals surface area contributed by atoms with Crippen LogP contribution in [0, 0.1) is 6.92 Å². The average Bonchev–Trinajstić information content (AvgIpc) is 2.90. The van der Waals surface area contributed by atoms with Gasteiger partial charge in [-0.2, -0.15) is 22.0 Å². The van der Waals surface area contributed by atoms with Gasteiger partial charge in [-0.25, -0.2) is 0 Å². The lowest BCUT2D eigenvalue weighted by Gasteiger charge is -2.27. The molecule has 0 radical (unpaired) electrons. The van der Waals surface area contributed by atoms with Gasteiger partial charge in [-0.05, 0) is 31.2 Å². The Bertz CT molecular complexity index is 1030. The maximum atomic E-state index is 14.5. The van der Waals surface area contributed by atoms with E-state index in [9.17, 15) is 22.3 Å². The van der Waals surface area contributed by atoms with Crippen LogP contribution in [0.2, 0.25) is 10.0 Å². The van der Waals surface area contributed by atoms with Gasteiger partial charge in [0.1, 0.15) is 0 Å². The number of nitrogens with one attached hydrogen (secondary N) is 1. The molecular formula is C18H17Cl2F2N3O3S. The van der Waals surface area contributed by atoms with Crippen molar-refractivity contribution in [3.05, 3.63) is 63.6 Å². The molecule has 6 nitrogen and oxygen atoms in total. The molecule has 0 saturated carbocycles. The highest BCUT2D eigenvalue weighted by atomic mass is 35.5. The normalized spacial score (nSPS) is 19.4. The second-order valence-corrected chi connectivity index (χ2v) is 9.05. The minimum Gasteiger partial charge on any atom is -0.391 e. The van der Waals surface area contributed by atoms with Crippen molar-refractivity contribution in [2.24, 2.45) is 5.10 Å². The van der Waals surface area contributed by atoms with Gasteiger partial charge in [0.15, 0.2) is 5.84 Å². The van der Waals surface area contributed by atoms with Crippen LogP contribution in [0.1, 0.15) is 17.5 Å². The third-order valence-corrected chi connectivity index (χ3v) is 6.17. The van der Waals surface area contributed by atoms with Crippen molar-refractivity contribution in [2.45, 2.75) is 30.4 Å². The summed E-state index contributed by atoms with van der Waals surface area (Å²) >= 11 is 12.3. The van der Waals surface area contributed by atoms with E-state index in [-0.39, 0.29) is 20.5 Å². The molecule has 2 N–H and O–H groups in total. The van der Waals surface area contributed by atoms with E-state index in [1.54, 1.807) is 19.1 Å². The number of rotatable bonds is 4. The maximum absolute atomic E-state index is 14.5. The number of β-amino-alcohol motifs (C(OH)–C–C–N with tert-alkyl or cyclic N) is 1. The maximum Gasteiger partial charge on any atom is 0.329 e. The summed E-state index contributed by atoms with van der Waals surface area (Å²) in [7, 11) is -4.14. The van der Waals surface area contributed by atoms with Gasteiger partial charge >= 0.3 is 6.05 Å². The van der Waals surface area contributed by atoms with Crippen LogP contribution in [0.4, 0.5) is 8.78 Å². The summed E-state index contributed by atoms with van der Waals surface area (Å²) in [5.41, 5.74) is 0.776. The quantitative estimate of drug-likeness (QED) is 0.314. The first-order chi connectivity index (χ1) is 13.5. The molecule has 0 aromatic heterocycles. The van der Waals surface area contributed by atoms with Crippen LogP contribution in [0.25, 0.3) is 0 Å². The van der Waals surface area contributed by atoms with E-state index in [0.29, 0.717) is 4.90 Å². The summed E-state index contributed by atoms with van der Waals surface area (Å²) in [6, 6.07) is 6.78. The van der Waals surface area contributed by atoms with E-state index in [0.717, 1.165) is 5.56 Å². The van der Waals surface area contributed by atoms with Crippen LogP contribution in [0.3, 0.4) is 0 Å². The number of aryl methyl sites for hydroxylation is 1. The zero-order valence-electron chi connectivity index (χ0n) is 15.1. The molecular weight excluding hydrogens is 447 g/mol. The molecule has 0 aliphatic carbocycles. The number of hydrogen-bond acceptors (Lipinski definition) is 4. The fourth-order valence-electron chi connectivity index (χ4n) is 2.88. The van der Waals surface area contributed by atoms with Gasteiger partial charge < -0.3 is 5.11 Å². The van der Waals surface area contributed by atoms with E-state index in [2.05, 4.69) is 5.10 Å². The van der Waals surface area contributed by atoms with Gasteiger partial charge in [-0.1, -0.05) is 47.0 Å². The molecule has 29 heavy (non-hydrogen) atoms. The molecule has 156 valence electrons. The number of nitrogens with zero attached hydrogens (tertiary/aromatic N) is 2. The Kier molecular flexibility index (Phi) is 6.05. The number of halogens is 4. The lowest BCUT2D eigenvalue weighted by molar-refractivity contribution is -0.0848. The smallest absolute Gasteiger partial charge is 0.329 e. The first kappa shape index (κ1) is 21.8. The highest BCUT2D eigenvalue weighted by Gasteiger charge is 2.49. The molecule has 1 atom stereocenters. The Morgan fingerprint density at radius 1 is 1.21 bits per heavy atom. The molecule has 0 amide bonds. The Balaban J connectivity index is 2.07. The molecule has 2 aromatic rings. The first-order valence-corrected chi connectivity index (χ1v) is 10.7. The van der Waals surface area contributed by atoms with E-state index in [1.807, 2.05) is 4.83 Å². The van der Waals surface area contributed by atoms with Gasteiger partial charge in [0.25, 0.3) is 10.0 Å². The molecule has 11 heteroatoms. The van der Waals surface area contributed by atoms with Gasteiger partial charge in [-0.3, -0.25) is 4.90 Å². The highest BCUT2D eigenvalue weighted by Crippen LogP contribution is 2.36. The second kappa shape index (κ2) is 8.06. The number of hydrogen-bond donors (Lipinski definition) is 2. The van der Waals surface area contributed by atoms with Crippen LogP contribution in [0.5, 0.6) is 0 Å². The molecule has 1 unspecified atom stereocenters. The van der Waals surface area contributed by atoms with Crippen LogP contribution in [0.15, 0.2) is 52.5 Å². The lowest BCUT2D eigenvalue weighted by atomic mass is 10.2. The third-order valence-electron chi connectivity index (χ3n) is 4.31. The standard InChI is InChI=1S/C18H17Cl2F2N3O3S/c1-11-5-7-13(8-6-11)29(27,28)24-23-17(16-14(19)3-2-4-15(16)20)25-10-12(26)9-18(25,21)22/h2-8,12,24,26H,9-10H2,1H3/b23-17+. The third kappa shape index (κ3) is 4.63. The number of aliphatic hydroxyl groups is 1. The number of likely N-dealkylation sites (tertiary alicyclic amines) is 1. The van der Waals surface area contributed by atoms with Crippen molar-refractivity contribution in [1.29, 1.82) is 0 Å². The van der Waals surface area contributed by atoms with Crippen molar-refractivity contribution in [1.82, 2.24) is 9.73 Å². The zero-order chi connectivity index (χ0) is 21.4. The minimum atomic E-state index is -4.14. The van der Waals surface area contributed by atoms with Gasteiger partial charge in [0, 0.05) is 0 Å². The summed E-state index contributed by atoms with van der Waals surface area (Å²) in [6.07, 6.45) is -2.16. The lowest BCUT2D eigenvalue weighted by Crippen LogP contribution is -2.43. The van der Waals surface area contributed by atoms with Gasteiger partial charge in [0.05, 0.1) is 39.6 Å². The minimum absolute atomic E-state index is 0.00275. The number of alkyl halides is 2. The monoisotopic (exact) mass is 463 g/mol. The average molecular weight is 464 g/mol. The Morgan fingerprint density at radius 2 is 1.79 bits per heavy atom. The Morgan fingerprint density at radius 3 is 2.31 bits per heavy atom. The van der Waals surface area contributed by atoms with Crippen LogP contribution in [-0.2, 0) is 10.0 Å². The Labute approximate surface area is 176 Å². The molecule has 0 bridgehead atoms. The van der Waals surface area contributed by atoms with E-state index < -0.39 is 41.0 Å². The molecule has 1 aliphatic rings. The predicted octanol–water partition coefficient (Wildman–Crippen LogP) is 3.60. The predicted molar refractivity (Wildman–Crippen MR) is 107 cm³/mol. The topological polar surface area (TPSA) is 82.0 Å². The summed E-state index contributed by atoms with van der Waals surface area (Å²) in [6.45, 7) is 1.32. The van der Waals surface area contributed by atoms with E-state index in [4.69, 9.17) is 23.2 Å². The fraction of sp³-hybridized carbons (Fsp3) is 0.278. The summed E-state index contributed by atoms with van der Waals surface area (Å²) < 4.78 is 54.0. The van der Waals surface area contributed by atoms with Crippen LogP contribution in [-0.4, -0.2) is 43.0 Å². The zero-order valence-corrected chi connectivity index (χ0v) is 17.4. The molecule has 1 heterocycles. The second-order valence-electron chi connectivity index (χ2n) is 6.57. The first-order valence-electron chi connectivity index (χ1n) is 8.45. The van der Waals surface area contributed by atoms with Crippen LogP contribution < -0.4 is 4.83 Å². The SMILES string of the molecule is Cc1ccc(S(=O)(=O)N/N=C(\c2c(Cl)cccc2Cl)N2CC(O)CC2(F)F)cc1. The van der Waals surface area contributed by atoms with Gasteiger partial charge in [-0.15, -0.1) is 5.10 Å². The number of sulfonamides is 1. The van der Waals surface area contributed by atoms with E-state index >= 15 is 0 Å². The largest absolute Gasteiger partial charge is 0.391 e. The van der Waals surface area contributed by atoms with E-state index in [1.165, 1.54) is 30.3 Å². The van der Waals surface area contributed by atoms with Crippen molar-refractivity contribution in [2.75, 3.05) is 6.54 Å². The summed E-state index contributed by atoms with van der Waals surface area (Å²) in [5, 5.41) is 13.5. The van der Waals surface area contributed by atoms with Crippen molar-refractivity contribution < 1.29 is 22.3 Å². The van der Waals surface area contributed by atoms with Gasteiger partial charge in [0.2, 0.25) is 0 Å². The number of amidine groups is 1. The number of hydrazone groups is 1. The molecule has 2 aromatic carbocycles.